The first-order valence-corrected chi connectivity index (χ1v) is 7.37. The molecule has 1 aromatic rings. The zero-order valence-corrected chi connectivity index (χ0v) is 12.1. The highest BCUT2D eigenvalue weighted by atomic mass is 32.2. The minimum Gasteiger partial charge on any atom is -0.313 e. The average molecular weight is 302 g/mol. The molecule has 7 heteroatoms. The second-order valence-corrected chi connectivity index (χ2v) is 6.10. The molecule has 0 aliphatic carbocycles. The van der Waals surface area contributed by atoms with Crippen LogP contribution >= 0.6 is 0 Å². The lowest BCUT2D eigenvalue weighted by Gasteiger charge is -2.16. The molecule has 0 fully saturated rings. The van der Waals surface area contributed by atoms with Gasteiger partial charge in [0.25, 0.3) is 0 Å². The topological polar surface area (TPSA) is 49.4 Å². The van der Waals surface area contributed by atoms with Gasteiger partial charge in [-0.2, -0.15) is 4.31 Å². The molecule has 0 atom stereocenters. The predicted octanol–water partition coefficient (Wildman–Crippen LogP) is 1.33. The Morgan fingerprint density at radius 2 is 2.05 bits per heavy atom. The molecule has 0 aliphatic heterocycles. The van der Waals surface area contributed by atoms with E-state index in [1.54, 1.807) is 6.92 Å². The first kappa shape index (κ1) is 16.6. The van der Waals surface area contributed by atoms with Crippen LogP contribution in [-0.4, -0.2) is 32.9 Å². The van der Waals surface area contributed by atoms with Crippen molar-refractivity contribution in [1.29, 1.82) is 0 Å². The Morgan fingerprint density at radius 3 is 2.60 bits per heavy atom. The van der Waals surface area contributed by atoms with E-state index in [4.69, 9.17) is 6.42 Å². The molecule has 20 heavy (non-hydrogen) atoms. The number of nitrogens with zero attached hydrogens (tertiary/aromatic N) is 1. The van der Waals surface area contributed by atoms with Crippen molar-refractivity contribution in [1.82, 2.24) is 9.62 Å². The van der Waals surface area contributed by atoms with Crippen LogP contribution in [0.15, 0.2) is 17.0 Å². The van der Waals surface area contributed by atoms with Crippen molar-refractivity contribution in [2.24, 2.45) is 0 Å². The Bertz CT molecular complexity index is 624. The number of halogens is 2. The molecule has 110 valence electrons. The van der Waals surface area contributed by atoms with E-state index < -0.39 is 26.6 Å². The van der Waals surface area contributed by atoms with Crippen LogP contribution in [0.3, 0.4) is 0 Å². The van der Waals surface area contributed by atoms with Crippen LogP contribution in [-0.2, 0) is 16.6 Å². The molecule has 0 saturated carbocycles. The minimum atomic E-state index is -4.07. The molecule has 0 saturated heterocycles. The molecule has 0 aromatic heterocycles. The van der Waals surface area contributed by atoms with Crippen LogP contribution in [0, 0.1) is 24.0 Å². The highest BCUT2D eigenvalue weighted by Gasteiger charge is 2.26. The standard InChI is InChI=1S/C13H16F2N2O2S/c1-4-8-17(3)20(18,19)12-7-6-11(14)10(13(12)15)9-16-5-2/h1,6-7,16H,5,8-9H2,2-3H3. The molecule has 1 aromatic carbocycles. The summed E-state index contributed by atoms with van der Waals surface area (Å²) >= 11 is 0. The third-order valence-corrected chi connectivity index (χ3v) is 4.53. The van der Waals surface area contributed by atoms with E-state index in [1.165, 1.54) is 7.05 Å². The summed E-state index contributed by atoms with van der Waals surface area (Å²) in [7, 11) is -2.84. The number of hydrogen-bond acceptors (Lipinski definition) is 3. The molecule has 0 amide bonds. The van der Waals surface area contributed by atoms with Gasteiger partial charge in [-0.1, -0.05) is 12.8 Å². The van der Waals surface area contributed by atoms with E-state index in [2.05, 4.69) is 11.2 Å². The Hall–Kier alpha value is -1.49. The summed E-state index contributed by atoms with van der Waals surface area (Å²) in [6.07, 6.45) is 5.04. The third kappa shape index (κ3) is 3.33. The SMILES string of the molecule is C#CCN(C)S(=O)(=O)c1ccc(F)c(CNCC)c1F. The molecule has 4 nitrogen and oxygen atoms in total. The summed E-state index contributed by atoms with van der Waals surface area (Å²) in [4.78, 5) is -0.579. The van der Waals surface area contributed by atoms with Gasteiger partial charge in [-0.25, -0.2) is 17.2 Å². The Balaban J connectivity index is 3.30. The van der Waals surface area contributed by atoms with Crippen LogP contribution in [0.1, 0.15) is 12.5 Å². The predicted molar refractivity (Wildman–Crippen MR) is 72.4 cm³/mol. The maximum Gasteiger partial charge on any atom is 0.246 e. The highest BCUT2D eigenvalue weighted by Crippen LogP contribution is 2.23. The third-order valence-electron chi connectivity index (χ3n) is 2.70. The number of hydrogen-bond donors (Lipinski definition) is 1. The Morgan fingerprint density at radius 1 is 1.40 bits per heavy atom. The van der Waals surface area contributed by atoms with E-state index in [1.807, 2.05) is 0 Å². The van der Waals surface area contributed by atoms with E-state index in [0.717, 1.165) is 16.4 Å². The minimum absolute atomic E-state index is 0.0869. The lowest BCUT2D eigenvalue weighted by molar-refractivity contribution is 0.482. The van der Waals surface area contributed by atoms with Crippen molar-refractivity contribution in [2.45, 2.75) is 18.4 Å². The second-order valence-electron chi connectivity index (χ2n) is 4.08. The van der Waals surface area contributed by atoms with Gasteiger partial charge in [0, 0.05) is 19.2 Å². The fourth-order valence-corrected chi connectivity index (χ4v) is 2.74. The van der Waals surface area contributed by atoms with Gasteiger partial charge in [-0.3, -0.25) is 0 Å². The van der Waals surface area contributed by atoms with E-state index in [0.29, 0.717) is 6.54 Å². The first-order valence-electron chi connectivity index (χ1n) is 5.93. The number of nitrogens with one attached hydrogen (secondary N) is 1. The summed E-state index contributed by atoms with van der Waals surface area (Å²) in [5.41, 5.74) is -0.304. The molecule has 1 N–H and O–H groups in total. The molecular weight excluding hydrogens is 286 g/mol. The van der Waals surface area contributed by atoms with Crippen molar-refractivity contribution in [2.75, 3.05) is 20.1 Å². The smallest absolute Gasteiger partial charge is 0.246 e. The molecule has 0 radical (unpaired) electrons. The van der Waals surface area contributed by atoms with Gasteiger partial charge in [0.2, 0.25) is 10.0 Å². The maximum atomic E-state index is 14.2. The molecule has 0 spiro atoms. The van der Waals surface area contributed by atoms with Crippen LogP contribution in [0.4, 0.5) is 8.78 Å². The number of terminal acetylenes is 1. The average Bonchev–Trinajstić information content (AvgIpc) is 2.38. The molecule has 0 heterocycles. The lowest BCUT2D eigenvalue weighted by atomic mass is 10.2. The van der Waals surface area contributed by atoms with Gasteiger partial charge in [0.1, 0.15) is 10.7 Å². The number of benzene rings is 1. The van der Waals surface area contributed by atoms with Crippen LogP contribution < -0.4 is 5.32 Å². The zero-order valence-electron chi connectivity index (χ0n) is 11.3. The fraction of sp³-hybridized carbons (Fsp3) is 0.385. The number of sulfonamides is 1. The summed E-state index contributed by atoms with van der Waals surface area (Å²) in [6, 6.07) is 1.84. The van der Waals surface area contributed by atoms with Gasteiger partial charge in [0.05, 0.1) is 6.54 Å². The molecular formula is C13H16F2N2O2S. The van der Waals surface area contributed by atoms with Crippen LogP contribution in [0.25, 0.3) is 0 Å². The fourth-order valence-electron chi connectivity index (χ4n) is 1.57. The monoisotopic (exact) mass is 302 g/mol. The Labute approximate surface area is 117 Å². The van der Waals surface area contributed by atoms with Crippen LogP contribution in [0.2, 0.25) is 0 Å². The van der Waals surface area contributed by atoms with Crippen molar-refractivity contribution in [3.8, 4) is 12.3 Å². The lowest BCUT2D eigenvalue weighted by Crippen LogP contribution is -2.28. The van der Waals surface area contributed by atoms with Gasteiger partial charge in [-0.05, 0) is 18.7 Å². The quantitative estimate of drug-likeness (QED) is 0.807. The van der Waals surface area contributed by atoms with E-state index >= 15 is 0 Å². The summed E-state index contributed by atoms with van der Waals surface area (Å²) in [5, 5.41) is 2.76. The largest absolute Gasteiger partial charge is 0.313 e. The molecule has 0 bridgehead atoms. The van der Waals surface area contributed by atoms with Gasteiger partial charge in [-0.15, -0.1) is 6.42 Å². The van der Waals surface area contributed by atoms with Crippen molar-refractivity contribution in [3.05, 3.63) is 29.3 Å². The van der Waals surface area contributed by atoms with Gasteiger partial charge < -0.3 is 5.32 Å². The first-order chi connectivity index (χ1) is 9.36. The van der Waals surface area contributed by atoms with E-state index in [-0.39, 0.29) is 18.7 Å². The summed E-state index contributed by atoms with van der Waals surface area (Å²) in [6.45, 7) is 2.00. The molecule has 0 unspecified atom stereocenters. The zero-order chi connectivity index (χ0) is 15.3. The van der Waals surface area contributed by atoms with E-state index in [9.17, 15) is 17.2 Å². The molecule has 0 aliphatic rings. The second kappa shape index (κ2) is 6.79. The van der Waals surface area contributed by atoms with Crippen LogP contribution in [0.5, 0.6) is 0 Å². The van der Waals surface area contributed by atoms with Crippen molar-refractivity contribution < 1.29 is 17.2 Å². The maximum absolute atomic E-state index is 14.2. The normalized spacial score (nSPS) is 11.6. The van der Waals surface area contributed by atoms with Gasteiger partial charge in [0.15, 0.2) is 5.82 Å². The summed E-state index contributed by atoms with van der Waals surface area (Å²) < 4.78 is 52.9. The summed E-state index contributed by atoms with van der Waals surface area (Å²) in [5.74, 6) is 0.283. The number of rotatable bonds is 6. The van der Waals surface area contributed by atoms with Crippen molar-refractivity contribution >= 4 is 10.0 Å². The molecule has 1 rings (SSSR count). The Kier molecular flexibility index (Phi) is 5.62. The van der Waals surface area contributed by atoms with Crippen molar-refractivity contribution in [3.63, 3.8) is 0 Å². The highest BCUT2D eigenvalue weighted by molar-refractivity contribution is 7.89. The van der Waals surface area contributed by atoms with Gasteiger partial charge >= 0.3 is 0 Å².